The van der Waals surface area contributed by atoms with Crippen LogP contribution in [-0.4, -0.2) is 16.2 Å². The van der Waals surface area contributed by atoms with E-state index in [1.807, 2.05) is 43.5 Å². The van der Waals surface area contributed by atoms with Crippen LogP contribution in [0.5, 0.6) is 0 Å². The maximum absolute atomic E-state index is 8.98. The molecule has 2 heterocycles. The second-order valence-corrected chi connectivity index (χ2v) is 4.41. The van der Waals surface area contributed by atoms with Crippen molar-refractivity contribution in [3.05, 3.63) is 47.6 Å². The number of nitrogens with zero attached hydrogens (tertiary/aromatic N) is 3. The number of para-hydroxylation sites is 1. The van der Waals surface area contributed by atoms with E-state index in [0.29, 0.717) is 12.3 Å². The molecule has 104 valence electrons. The zero-order chi connectivity index (χ0) is 14.7. The topological polar surface area (TPSA) is 90.0 Å². The molecule has 0 radical (unpaired) electrons. The van der Waals surface area contributed by atoms with Gasteiger partial charge in [0.1, 0.15) is 6.07 Å². The number of rotatable bonds is 4. The van der Waals surface area contributed by atoms with E-state index < -0.39 is 0 Å². The lowest BCUT2D eigenvalue weighted by atomic mass is 10.2. The largest absolute Gasteiger partial charge is 0.422 e. The molecule has 0 amide bonds. The summed E-state index contributed by atoms with van der Waals surface area (Å²) in [6.45, 7) is 1.91. The van der Waals surface area contributed by atoms with Crippen LogP contribution in [0.3, 0.4) is 0 Å². The van der Waals surface area contributed by atoms with Crippen molar-refractivity contribution in [3.63, 3.8) is 0 Å². The highest BCUT2D eigenvalue weighted by Crippen LogP contribution is 2.18. The molecule has 0 aliphatic carbocycles. The summed E-state index contributed by atoms with van der Waals surface area (Å²) in [5.41, 5.74) is 4.93. The number of hydrazone groups is 1. The molecule has 0 fully saturated rings. The molecule has 0 atom stereocenters. The van der Waals surface area contributed by atoms with E-state index in [0.717, 1.165) is 16.5 Å². The number of H-pyrrole nitrogens is 1. The van der Waals surface area contributed by atoms with E-state index in [1.54, 1.807) is 6.21 Å². The number of fused-ring (bicyclic) bond motifs is 1. The molecule has 3 aromatic rings. The first-order valence-corrected chi connectivity index (χ1v) is 6.56. The molecule has 3 rings (SSSR count). The highest BCUT2D eigenvalue weighted by molar-refractivity contribution is 5.99. The number of hydrogen-bond acceptors (Lipinski definition) is 5. The molecular formula is C15H13N5O. The minimum Gasteiger partial charge on any atom is -0.422 e. The van der Waals surface area contributed by atoms with Gasteiger partial charge in [-0.1, -0.05) is 25.1 Å². The lowest BCUT2D eigenvalue weighted by molar-refractivity contribution is 0.513. The van der Waals surface area contributed by atoms with Gasteiger partial charge in [-0.25, -0.2) is 10.4 Å². The van der Waals surface area contributed by atoms with Gasteiger partial charge < -0.3 is 9.40 Å². The SMILES string of the molecule is CCc1nc(C#N)c(N/N=C/c2c[nH]c3ccccc23)o1. The van der Waals surface area contributed by atoms with Crippen molar-refractivity contribution in [1.29, 1.82) is 5.26 Å². The summed E-state index contributed by atoms with van der Waals surface area (Å²) in [5, 5.41) is 14.2. The fourth-order valence-corrected chi connectivity index (χ4v) is 2.03. The molecule has 0 spiro atoms. The summed E-state index contributed by atoms with van der Waals surface area (Å²) in [7, 11) is 0. The maximum atomic E-state index is 8.98. The smallest absolute Gasteiger partial charge is 0.252 e. The number of oxazole rings is 1. The number of nitriles is 1. The second-order valence-electron chi connectivity index (χ2n) is 4.41. The average molecular weight is 279 g/mol. The lowest BCUT2D eigenvalue weighted by Crippen LogP contribution is -1.91. The van der Waals surface area contributed by atoms with Gasteiger partial charge in [0.2, 0.25) is 5.69 Å². The Morgan fingerprint density at radius 3 is 3.14 bits per heavy atom. The van der Waals surface area contributed by atoms with Crippen LogP contribution in [0.4, 0.5) is 5.88 Å². The molecular weight excluding hydrogens is 266 g/mol. The third kappa shape index (κ3) is 2.49. The van der Waals surface area contributed by atoms with Crippen molar-refractivity contribution in [2.24, 2.45) is 5.10 Å². The summed E-state index contributed by atoms with van der Waals surface area (Å²) in [6, 6.07) is 9.93. The van der Waals surface area contributed by atoms with Gasteiger partial charge in [0, 0.05) is 29.1 Å². The molecule has 0 aliphatic heterocycles. The van der Waals surface area contributed by atoms with E-state index in [2.05, 4.69) is 20.5 Å². The van der Waals surface area contributed by atoms with E-state index in [4.69, 9.17) is 9.68 Å². The Kier molecular flexibility index (Phi) is 3.39. The van der Waals surface area contributed by atoms with E-state index in [-0.39, 0.29) is 11.6 Å². The Balaban J connectivity index is 1.81. The molecule has 0 bridgehead atoms. The zero-order valence-corrected chi connectivity index (χ0v) is 11.4. The fourth-order valence-electron chi connectivity index (χ4n) is 2.03. The highest BCUT2D eigenvalue weighted by atomic mass is 16.4. The minimum atomic E-state index is 0.211. The lowest BCUT2D eigenvalue weighted by Gasteiger charge is -1.94. The van der Waals surface area contributed by atoms with Gasteiger partial charge in [-0.2, -0.15) is 10.4 Å². The molecule has 21 heavy (non-hydrogen) atoms. The highest BCUT2D eigenvalue weighted by Gasteiger charge is 2.10. The standard InChI is InChI=1S/C15H13N5O/c1-2-14-19-13(7-16)15(21-14)20-18-9-10-8-17-12-6-4-3-5-11(10)12/h3-6,8-9,17,20H,2H2,1H3/b18-9+. The molecule has 2 aromatic heterocycles. The molecule has 0 aliphatic rings. The summed E-state index contributed by atoms with van der Waals surface area (Å²) in [6.07, 6.45) is 4.18. The van der Waals surface area contributed by atoms with Gasteiger partial charge in [-0.05, 0) is 6.07 Å². The van der Waals surface area contributed by atoms with Gasteiger partial charge in [-0.3, -0.25) is 0 Å². The zero-order valence-electron chi connectivity index (χ0n) is 11.4. The number of aryl methyl sites for hydroxylation is 1. The molecule has 0 saturated heterocycles. The molecule has 6 nitrogen and oxygen atoms in total. The van der Waals surface area contributed by atoms with Crippen LogP contribution >= 0.6 is 0 Å². The first-order valence-electron chi connectivity index (χ1n) is 6.56. The van der Waals surface area contributed by atoms with E-state index >= 15 is 0 Å². The van der Waals surface area contributed by atoms with E-state index in [1.165, 1.54) is 0 Å². The summed E-state index contributed by atoms with van der Waals surface area (Å²) in [4.78, 5) is 7.21. The number of aromatic nitrogens is 2. The van der Waals surface area contributed by atoms with Crippen molar-refractivity contribution in [2.45, 2.75) is 13.3 Å². The quantitative estimate of drug-likeness (QED) is 0.567. The molecule has 1 aromatic carbocycles. The van der Waals surface area contributed by atoms with Gasteiger partial charge in [0.25, 0.3) is 5.88 Å². The van der Waals surface area contributed by atoms with Crippen molar-refractivity contribution >= 4 is 23.0 Å². The molecule has 2 N–H and O–H groups in total. The fraction of sp³-hybridized carbons (Fsp3) is 0.133. The Morgan fingerprint density at radius 2 is 2.33 bits per heavy atom. The van der Waals surface area contributed by atoms with Crippen molar-refractivity contribution in [2.75, 3.05) is 5.43 Å². The summed E-state index contributed by atoms with van der Waals surface area (Å²) in [5.74, 6) is 0.779. The van der Waals surface area contributed by atoms with Gasteiger partial charge in [0.05, 0.1) is 6.21 Å². The summed E-state index contributed by atoms with van der Waals surface area (Å²) < 4.78 is 5.40. The van der Waals surface area contributed by atoms with Crippen LogP contribution < -0.4 is 5.43 Å². The van der Waals surface area contributed by atoms with Gasteiger partial charge in [0.15, 0.2) is 5.89 Å². The second kappa shape index (κ2) is 5.51. The Labute approximate surface area is 121 Å². The van der Waals surface area contributed by atoms with Crippen LogP contribution in [0.1, 0.15) is 24.1 Å². The van der Waals surface area contributed by atoms with Crippen LogP contribution in [0.2, 0.25) is 0 Å². The Hall–Kier alpha value is -3.07. The Morgan fingerprint density at radius 1 is 1.48 bits per heavy atom. The number of benzene rings is 1. The van der Waals surface area contributed by atoms with Crippen molar-refractivity contribution in [1.82, 2.24) is 9.97 Å². The first-order chi connectivity index (χ1) is 10.3. The Bertz CT molecular complexity index is 837. The van der Waals surface area contributed by atoms with Gasteiger partial charge in [-0.15, -0.1) is 0 Å². The van der Waals surface area contributed by atoms with Crippen LogP contribution in [0.15, 0.2) is 40.0 Å². The first kappa shape index (κ1) is 12.9. The normalized spacial score (nSPS) is 11.0. The number of aromatic amines is 1. The van der Waals surface area contributed by atoms with Gasteiger partial charge >= 0.3 is 0 Å². The molecule has 0 saturated carbocycles. The van der Waals surface area contributed by atoms with Crippen molar-refractivity contribution < 1.29 is 4.42 Å². The van der Waals surface area contributed by atoms with E-state index in [9.17, 15) is 0 Å². The summed E-state index contributed by atoms with van der Waals surface area (Å²) >= 11 is 0. The third-order valence-corrected chi connectivity index (χ3v) is 3.07. The van der Waals surface area contributed by atoms with Crippen LogP contribution in [0.25, 0.3) is 10.9 Å². The maximum Gasteiger partial charge on any atom is 0.252 e. The third-order valence-electron chi connectivity index (χ3n) is 3.07. The number of anilines is 1. The molecule has 0 unspecified atom stereocenters. The van der Waals surface area contributed by atoms with Crippen LogP contribution in [-0.2, 0) is 6.42 Å². The predicted molar refractivity (Wildman–Crippen MR) is 80.1 cm³/mol. The average Bonchev–Trinajstić information content (AvgIpc) is 3.11. The monoisotopic (exact) mass is 279 g/mol. The number of nitrogens with one attached hydrogen (secondary N) is 2. The predicted octanol–water partition coefficient (Wildman–Crippen LogP) is 3.04. The van der Waals surface area contributed by atoms with Crippen molar-refractivity contribution in [3.8, 4) is 6.07 Å². The number of hydrogen-bond donors (Lipinski definition) is 2. The minimum absolute atomic E-state index is 0.211. The van der Waals surface area contributed by atoms with Crippen LogP contribution in [0, 0.1) is 11.3 Å². The molecule has 6 heteroatoms.